The van der Waals surface area contributed by atoms with Crippen LogP contribution in [-0.2, 0) is 12.1 Å². The lowest BCUT2D eigenvalue weighted by Crippen LogP contribution is -2.36. The number of nitrogens with two attached hydrogens (primary N) is 1. The molecule has 1 aromatic rings. The minimum atomic E-state index is -0.289. The van der Waals surface area contributed by atoms with Crippen LogP contribution in [0.3, 0.4) is 0 Å². The van der Waals surface area contributed by atoms with E-state index in [2.05, 4.69) is 39.5 Å². The molecule has 1 aromatic heterocycles. The van der Waals surface area contributed by atoms with E-state index in [1.54, 1.807) is 0 Å². The second-order valence-electron chi connectivity index (χ2n) is 7.01. The quantitative estimate of drug-likeness (QED) is 0.918. The Morgan fingerprint density at radius 1 is 1.40 bits per heavy atom. The summed E-state index contributed by atoms with van der Waals surface area (Å²) in [7, 11) is 0. The van der Waals surface area contributed by atoms with E-state index < -0.39 is 0 Å². The third-order valence-corrected chi connectivity index (χ3v) is 5.50. The van der Waals surface area contributed by atoms with Crippen LogP contribution in [0.1, 0.15) is 75.4 Å². The Bertz CT molecular complexity index is 445. The van der Waals surface area contributed by atoms with Crippen LogP contribution >= 0.6 is 11.3 Å². The number of hydrogen-bond acceptors (Lipinski definition) is 4. The van der Waals surface area contributed by atoms with Gasteiger partial charge in [-0.15, -0.1) is 11.3 Å². The maximum Gasteiger partial charge on any atom is 0.107 e. The summed E-state index contributed by atoms with van der Waals surface area (Å²) in [6.07, 6.45) is 4.01. The Morgan fingerprint density at radius 3 is 2.60 bits per heavy atom. The predicted octanol–water partition coefficient (Wildman–Crippen LogP) is 3.83. The maximum absolute atomic E-state index is 6.33. The van der Waals surface area contributed by atoms with Crippen molar-refractivity contribution in [1.82, 2.24) is 9.88 Å². The zero-order valence-electron chi connectivity index (χ0n) is 13.6. The van der Waals surface area contributed by atoms with Gasteiger partial charge in [0.1, 0.15) is 5.01 Å². The van der Waals surface area contributed by atoms with Crippen molar-refractivity contribution in [1.29, 1.82) is 0 Å². The van der Waals surface area contributed by atoms with Gasteiger partial charge in [0.15, 0.2) is 0 Å². The van der Waals surface area contributed by atoms with Gasteiger partial charge in [-0.25, -0.2) is 4.98 Å². The first kappa shape index (κ1) is 15.9. The number of hydrogen-bond donors (Lipinski definition) is 1. The average Bonchev–Trinajstić information content (AvgIpc) is 2.76. The van der Waals surface area contributed by atoms with E-state index in [1.807, 2.05) is 11.3 Å². The molecule has 2 N–H and O–H groups in total. The van der Waals surface area contributed by atoms with Gasteiger partial charge in [-0.3, -0.25) is 4.90 Å². The number of nitrogens with zero attached hydrogens (tertiary/aromatic N) is 2. The molecule has 2 heterocycles. The fraction of sp³-hybridized carbons (Fsp3) is 0.812. The lowest BCUT2D eigenvalue weighted by atomic mass is 9.98. The Labute approximate surface area is 127 Å². The minimum absolute atomic E-state index is 0.289. The normalized spacial score (nSPS) is 21.6. The van der Waals surface area contributed by atoms with Gasteiger partial charge < -0.3 is 5.73 Å². The van der Waals surface area contributed by atoms with Crippen molar-refractivity contribution in [2.24, 2.45) is 5.73 Å². The number of piperidine rings is 1. The van der Waals surface area contributed by atoms with Gasteiger partial charge in [-0.05, 0) is 46.1 Å². The van der Waals surface area contributed by atoms with E-state index in [-0.39, 0.29) is 5.54 Å². The van der Waals surface area contributed by atoms with Crippen molar-refractivity contribution in [3.63, 3.8) is 0 Å². The Hall–Kier alpha value is -0.450. The molecule has 0 aliphatic carbocycles. The molecular weight excluding hydrogens is 266 g/mol. The molecule has 1 aliphatic heterocycles. The zero-order valence-corrected chi connectivity index (χ0v) is 14.4. The topological polar surface area (TPSA) is 42.2 Å². The summed E-state index contributed by atoms with van der Waals surface area (Å²) in [5, 5.41) is 1.23. The molecule has 0 amide bonds. The fourth-order valence-electron chi connectivity index (χ4n) is 2.86. The third kappa shape index (κ3) is 3.60. The number of aromatic nitrogens is 1. The summed E-state index contributed by atoms with van der Waals surface area (Å²) in [6, 6.07) is 0.685. The molecule has 20 heavy (non-hydrogen) atoms. The average molecular weight is 295 g/mol. The van der Waals surface area contributed by atoms with E-state index in [0.717, 1.165) is 6.54 Å². The second-order valence-corrected chi connectivity index (χ2v) is 8.10. The largest absolute Gasteiger partial charge is 0.321 e. The molecule has 1 fully saturated rings. The van der Waals surface area contributed by atoms with Crippen LogP contribution in [0.4, 0.5) is 0 Å². The molecule has 0 spiro atoms. The molecule has 1 atom stereocenters. The summed E-state index contributed by atoms with van der Waals surface area (Å²) in [5.41, 5.74) is 7.23. The maximum atomic E-state index is 6.33. The number of thiazole rings is 1. The first-order valence-corrected chi connectivity index (χ1v) is 8.63. The standard InChI is InChI=1S/C16H29N3S/c1-11(2)14-15(16(4,5)17)20-13(18-14)10-19-9-7-6-8-12(19)3/h11-12H,6-10,17H2,1-5H3. The first-order chi connectivity index (χ1) is 9.29. The van der Waals surface area contributed by atoms with Gasteiger partial charge in [0, 0.05) is 16.5 Å². The molecular formula is C16H29N3S. The summed E-state index contributed by atoms with van der Waals surface area (Å²) in [6.45, 7) is 13.1. The fourth-order valence-corrected chi connectivity index (χ4v) is 4.12. The van der Waals surface area contributed by atoms with E-state index in [9.17, 15) is 0 Å². The van der Waals surface area contributed by atoms with E-state index in [1.165, 1.54) is 41.4 Å². The highest BCUT2D eigenvalue weighted by Gasteiger charge is 2.26. The molecule has 0 aromatic carbocycles. The minimum Gasteiger partial charge on any atom is -0.321 e. The predicted molar refractivity (Wildman–Crippen MR) is 87.1 cm³/mol. The summed E-state index contributed by atoms with van der Waals surface area (Å²) in [5.74, 6) is 0.441. The third-order valence-electron chi connectivity index (χ3n) is 4.11. The van der Waals surface area contributed by atoms with Crippen molar-refractivity contribution >= 4 is 11.3 Å². The van der Waals surface area contributed by atoms with Crippen LogP contribution in [0.25, 0.3) is 0 Å². The molecule has 1 unspecified atom stereocenters. The van der Waals surface area contributed by atoms with Crippen molar-refractivity contribution in [2.75, 3.05) is 6.54 Å². The second kappa shape index (κ2) is 6.12. The molecule has 2 rings (SSSR count). The smallest absolute Gasteiger partial charge is 0.107 e. The molecule has 0 saturated carbocycles. The Balaban J connectivity index is 2.20. The number of rotatable bonds is 4. The highest BCUT2D eigenvalue weighted by Crippen LogP contribution is 2.33. The Kier molecular flexibility index (Phi) is 4.88. The van der Waals surface area contributed by atoms with Crippen molar-refractivity contribution in [3.8, 4) is 0 Å². The van der Waals surface area contributed by atoms with Crippen LogP contribution in [0.15, 0.2) is 0 Å². The molecule has 3 nitrogen and oxygen atoms in total. The molecule has 1 aliphatic rings. The van der Waals surface area contributed by atoms with E-state index in [4.69, 9.17) is 10.7 Å². The lowest BCUT2D eigenvalue weighted by Gasteiger charge is -2.32. The van der Waals surface area contributed by atoms with Gasteiger partial charge in [-0.2, -0.15) is 0 Å². The van der Waals surface area contributed by atoms with E-state index in [0.29, 0.717) is 12.0 Å². The van der Waals surface area contributed by atoms with Gasteiger partial charge in [0.05, 0.1) is 12.2 Å². The Morgan fingerprint density at radius 2 is 2.10 bits per heavy atom. The monoisotopic (exact) mass is 295 g/mol. The van der Waals surface area contributed by atoms with E-state index >= 15 is 0 Å². The van der Waals surface area contributed by atoms with Crippen LogP contribution in [0.5, 0.6) is 0 Å². The summed E-state index contributed by atoms with van der Waals surface area (Å²) in [4.78, 5) is 8.73. The molecule has 1 saturated heterocycles. The van der Waals surface area contributed by atoms with Gasteiger partial charge in [0.2, 0.25) is 0 Å². The van der Waals surface area contributed by atoms with Gasteiger partial charge >= 0.3 is 0 Å². The SMILES string of the molecule is CC(C)c1nc(CN2CCCCC2C)sc1C(C)(C)N. The van der Waals surface area contributed by atoms with Crippen LogP contribution in [0.2, 0.25) is 0 Å². The van der Waals surface area contributed by atoms with Crippen LogP contribution in [0, 0.1) is 0 Å². The highest BCUT2D eigenvalue weighted by atomic mass is 32.1. The highest BCUT2D eigenvalue weighted by molar-refractivity contribution is 7.11. The van der Waals surface area contributed by atoms with Gasteiger partial charge in [-0.1, -0.05) is 20.3 Å². The van der Waals surface area contributed by atoms with Crippen LogP contribution in [-0.4, -0.2) is 22.5 Å². The lowest BCUT2D eigenvalue weighted by molar-refractivity contribution is 0.152. The number of likely N-dealkylation sites (tertiary alicyclic amines) is 1. The molecule has 0 radical (unpaired) electrons. The first-order valence-electron chi connectivity index (χ1n) is 7.82. The zero-order chi connectivity index (χ0) is 14.9. The summed E-state index contributed by atoms with van der Waals surface area (Å²) < 4.78 is 0. The van der Waals surface area contributed by atoms with Crippen LogP contribution < -0.4 is 5.73 Å². The van der Waals surface area contributed by atoms with Crippen molar-refractivity contribution < 1.29 is 0 Å². The van der Waals surface area contributed by atoms with Gasteiger partial charge in [0.25, 0.3) is 0 Å². The molecule has 4 heteroatoms. The molecule has 0 bridgehead atoms. The molecule has 114 valence electrons. The summed E-state index contributed by atoms with van der Waals surface area (Å²) >= 11 is 1.81. The van der Waals surface area contributed by atoms with Crippen molar-refractivity contribution in [2.45, 2.75) is 77.9 Å². The van der Waals surface area contributed by atoms with Crippen molar-refractivity contribution in [3.05, 3.63) is 15.6 Å².